The summed E-state index contributed by atoms with van der Waals surface area (Å²) in [5, 5.41) is 7.85. The quantitative estimate of drug-likeness (QED) is 0.656. The summed E-state index contributed by atoms with van der Waals surface area (Å²) in [6.45, 7) is 5.71. The van der Waals surface area contributed by atoms with Crippen LogP contribution in [0.4, 0.5) is 0 Å². The smallest absolute Gasteiger partial charge is 0.144 e. The van der Waals surface area contributed by atoms with Crippen molar-refractivity contribution in [3.63, 3.8) is 0 Å². The van der Waals surface area contributed by atoms with E-state index < -0.39 is 11.4 Å². The van der Waals surface area contributed by atoms with Gasteiger partial charge in [-0.15, -0.1) is 0 Å². The molecule has 1 aromatic carbocycles. The van der Waals surface area contributed by atoms with Crippen LogP contribution < -0.4 is 0 Å². The van der Waals surface area contributed by atoms with Crippen molar-refractivity contribution >= 4 is 28.5 Å². The van der Waals surface area contributed by atoms with Crippen LogP contribution in [0, 0.1) is 0 Å². The number of H-pyrrole nitrogens is 1. The molecule has 5 heteroatoms. The Bertz CT molecular complexity index is 542. The van der Waals surface area contributed by atoms with E-state index in [1.54, 1.807) is 12.4 Å². The van der Waals surface area contributed by atoms with E-state index in [9.17, 15) is 4.55 Å². The molecule has 1 heterocycles. The van der Waals surface area contributed by atoms with Gasteiger partial charge in [0.05, 0.1) is 17.9 Å². The summed E-state index contributed by atoms with van der Waals surface area (Å²) in [6.07, 6.45) is 3.40. The van der Waals surface area contributed by atoms with Crippen molar-refractivity contribution < 1.29 is 4.55 Å². The standard InChI is InChI=1S/C12H15N3OS/c1-12(2,3)17(16)14-7-9-5-4-6-11-10(9)8-13-15-11/h4-8H,1-3H3,(H,13,15)/b14-7+/t17-/m1/s1. The van der Waals surface area contributed by atoms with Gasteiger partial charge in [-0.2, -0.15) is 5.10 Å². The summed E-state index contributed by atoms with van der Waals surface area (Å²) in [4.78, 5) is 0. The number of nitrogens with one attached hydrogen (secondary N) is 1. The molecule has 1 N–H and O–H groups in total. The average Bonchev–Trinajstić information content (AvgIpc) is 2.72. The Morgan fingerprint density at radius 3 is 2.88 bits per heavy atom. The minimum absolute atomic E-state index is 0.333. The van der Waals surface area contributed by atoms with Crippen LogP contribution in [0.1, 0.15) is 26.3 Å². The topological polar surface area (TPSA) is 64.1 Å². The van der Waals surface area contributed by atoms with E-state index in [2.05, 4.69) is 14.6 Å². The molecule has 0 spiro atoms. The predicted octanol–water partition coefficient (Wildman–Crippen LogP) is 2.44. The number of benzene rings is 1. The van der Waals surface area contributed by atoms with Crippen LogP contribution in [-0.4, -0.2) is 25.7 Å². The van der Waals surface area contributed by atoms with Crippen molar-refractivity contribution in [2.24, 2.45) is 4.40 Å². The van der Waals surface area contributed by atoms with Crippen LogP contribution in [0.2, 0.25) is 0 Å². The van der Waals surface area contributed by atoms with Gasteiger partial charge < -0.3 is 4.55 Å². The fourth-order valence-electron chi connectivity index (χ4n) is 1.37. The molecule has 0 saturated heterocycles. The zero-order chi connectivity index (χ0) is 12.5. The highest BCUT2D eigenvalue weighted by Gasteiger charge is 2.25. The van der Waals surface area contributed by atoms with E-state index in [0.29, 0.717) is 0 Å². The molecule has 0 bridgehead atoms. The highest BCUT2D eigenvalue weighted by Crippen LogP contribution is 2.18. The first-order valence-corrected chi connectivity index (χ1v) is 6.47. The van der Waals surface area contributed by atoms with Gasteiger partial charge in [-0.05, 0) is 26.8 Å². The van der Waals surface area contributed by atoms with Crippen LogP contribution in [0.15, 0.2) is 28.8 Å². The van der Waals surface area contributed by atoms with Gasteiger partial charge in [0.1, 0.15) is 16.1 Å². The Morgan fingerprint density at radius 1 is 1.41 bits per heavy atom. The highest BCUT2D eigenvalue weighted by molar-refractivity contribution is 7.91. The zero-order valence-electron chi connectivity index (χ0n) is 10.1. The van der Waals surface area contributed by atoms with Gasteiger partial charge in [-0.25, -0.2) is 0 Å². The summed E-state index contributed by atoms with van der Waals surface area (Å²) >= 11 is -1.23. The normalized spacial score (nSPS) is 14.6. The molecule has 0 amide bonds. The monoisotopic (exact) mass is 249 g/mol. The lowest BCUT2D eigenvalue weighted by Crippen LogP contribution is -2.25. The molecule has 0 unspecified atom stereocenters. The number of aromatic amines is 1. The number of hydrogen-bond acceptors (Lipinski definition) is 3. The van der Waals surface area contributed by atoms with Gasteiger partial charge >= 0.3 is 0 Å². The van der Waals surface area contributed by atoms with Gasteiger partial charge in [0.15, 0.2) is 0 Å². The Hall–Kier alpha value is -1.33. The lowest BCUT2D eigenvalue weighted by molar-refractivity contribution is 0.562. The summed E-state index contributed by atoms with van der Waals surface area (Å²) in [5.41, 5.74) is 1.88. The summed E-state index contributed by atoms with van der Waals surface area (Å²) in [6, 6.07) is 5.80. The molecule has 1 atom stereocenters. The first-order valence-electron chi connectivity index (χ1n) is 5.36. The van der Waals surface area contributed by atoms with Gasteiger partial charge in [0.25, 0.3) is 0 Å². The molecule has 90 valence electrons. The number of fused-ring (bicyclic) bond motifs is 1. The second-order valence-electron chi connectivity index (χ2n) is 4.77. The van der Waals surface area contributed by atoms with Gasteiger partial charge in [-0.3, -0.25) is 5.10 Å². The molecule has 17 heavy (non-hydrogen) atoms. The summed E-state index contributed by atoms with van der Waals surface area (Å²) in [5.74, 6) is 0. The number of hydrogen-bond donors (Lipinski definition) is 1. The molecule has 0 radical (unpaired) electrons. The van der Waals surface area contributed by atoms with E-state index in [-0.39, 0.29) is 4.75 Å². The van der Waals surface area contributed by atoms with Crippen LogP contribution in [0.25, 0.3) is 10.9 Å². The van der Waals surface area contributed by atoms with E-state index in [0.717, 1.165) is 16.5 Å². The molecular weight excluding hydrogens is 234 g/mol. The number of nitrogens with zero attached hydrogens (tertiary/aromatic N) is 2. The highest BCUT2D eigenvalue weighted by atomic mass is 32.2. The Labute approximate surface area is 103 Å². The van der Waals surface area contributed by atoms with E-state index in [4.69, 9.17) is 0 Å². The molecule has 4 nitrogen and oxygen atoms in total. The van der Waals surface area contributed by atoms with Gasteiger partial charge in [0, 0.05) is 10.9 Å². The van der Waals surface area contributed by atoms with Crippen molar-refractivity contribution in [3.8, 4) is 0 Å². The van der Waals surface area contributed by atoms with E-state index in [1.807, 2.05) is 39.0 Å². The Balaban J connectivity index is 2.30. The maximum Gasteiger partial charge on any atom is 0.144 e. The third-order valence-corrected chi connectivity index (χ3v) is 3.67. The molecular formula is C12H15N3OS. The summed E-state index contributed by atoms with van der Waals surface area (Å²) < 4.78 is 15.6. The molecule has 0 aliphatic rings. The molecule has 0 saturated carbocycles. The molecule has 2 aromatic rings. The summed E-state index contributed by atoms with van der Waals surface area (Å²) in [7, 11) is 0. The van der Waals surface area contributed by atoms with Crippen molar-refractivity contribution in [2.45, 2.75) is 25.5 Å². The third kappa shape index (κ3) is 2.68. The Kier molecular flexibility index (Phi) is 3.22. The first-order chi connectivity index (χ1) is 7.98. The van der Waals surface area contributed by atoms with E-state index >= 15 is 0 Å². The van der Waals surface area contributed by atoms with E-state index in [1.165, 1.54) is 0 Å². The average molecular weight is 249 g/mol. The second-order valence-corrected chi connectivity index (χ2v) is 6.71. The largest absolute Gasteiger partial charge is 0.591 e. The maximum absolute atomic E-state index is 11.8. The maximum atomic E-state index is 11.8. The minimum Gasteiger partial charge on any atom is -0.591 e. The van der Waals surface area contributed by atoms with Crippen LogP contribution >= 0.6 is 0 Å². The molecule has 0 fully saturated rings. The number of aromatic nitrogens is 2. The minimum atomic E-state index is -1.23. The molecule has 2 rings (SSSR count). The van der Waals surface area contributed by atoms with Crippen molar-refractivity contribution in [1.29, 1.82) is 0 Å². The van der Waals surface area contributed by atoms with Crippen LogP contribution in [0.5, 0.6) is 0 Å². The van der Waals surface area contributed by atoms with Crippen LogP contribution in [-0.2, 0) is 11.4 Å². The van der Waals surface area contributed by atoms with Crippen LogP contribution in [0.3, 0.4) is 0 Å². The SMILES string of the molecule is CC(C)(C)[S@@+]([O-])/N=C/c1cccc2[nH]ncc12. The first kappa shape index (κ1) is 12.1. The Morgan fingerprint density at radius 2 is 2.18 bits per heavy atom. The van der Waals surface area contributed by atoms with Crippen molar-refractivity contribution in [1.82, 2.24) is 10.2 Å². The number of rotatable bonds is 2. The van der Waals surface area contributed by atoms with Crippen molar-refractivity contribution in [3.05, 3.63) is 30.0 Å². The van der Waals surface area contributed by atoms with Gasteiger partial charge in [-0.1, -0.05) is 16.5 Å². The lowest BCUT2D eigenvalue weighted by Gasteiger charge is -2.17. The predicted molar refractivity (Wildman–Crippen MR) is 71.6 cm³/mol. The second kappa shape index (κ2) is 4.50. The molecule has 0 aliphatic heterocycles. The lowest BCUT2D eigenvalue weighted by atomic mass is 10.1. The third-order valence-electron chi connectivity index (χ3n) is 2.33. The van der Waals surface area contributed by atoms with Crippen molar-refractivity contribution in [2.75, 3.05) is 0 Å². The molecule has 1 aromatic heterocycles. The fraction of sp³-hybridized carbons (Fsp3) is 0.333. The molecule has 0 aliphatic carbocycles. The zero-order valence-corrected chi connectivity index (χ0v) is 10.9. The fourth-order valence-corrected chi connectivity index (χ4v) is 1.89. The van der Waals surface area contributed by atoms with Gasteiger partial charge in [0.2, 0.25) is 0 Å².